The molecule has 4 aromatic rings. The molecule has 6 nitrogen and oxygen atoms in total. The van der Waals surface area contributed by atoms with Crippen LogP contribution in [0.5, 0.6) is 0 Å². The Labute approximate surface area is 194 Å². The molecule has 2 aromatic carbocycles. The molecule has 0 aliphatic heterocycles. The second-order valence-corrected chi connectivity index (χ2v) is 8.95. The average Bonchev–Trinajstić information content (AvgIpc) is 3.35. The maximum atomic E-state index is 13.0. The van der Waals surface area contributed by atoms with Gasteiger partial charge in [-0.05, 0) is 56.5 Å². The molecule has 0 spiro atoms. The van der Waals surface area contributed by atoms with Crippen LogP contribution in [0.3, 0.4) is 0 Å². The van der Waals surface area contributed by atoms with E-state index in [9.17, 15) is 9.59 Å². The van der Waals surface area contributed by atoms with Crippen molar-refractivity contribution in [2.45, 2.75) is 33.6 Å². The number of carbonyl (C=O) groups excluding carboxylic acids is 1. The van der Waals surface area contributed by atoms with Crippen molar-refractivity contribution in [3.8, 4) is 16.4 Å². The minimum atomic E-state index is -0.181. The molecule has 0 fully saturated rings. The van der Waals surface area contributed by atoms with Gasteiger partial charge in [-0.25, -0.2) is 4.98 Å². The molecule has 2 N–H and O–H groups in total. The van der Waals surface area contributed by atoms with E-state index in [1.165, 1.54) is 16.0 Å². The summed E-state index contributed by atoms with van der Waals surface area (Å²) in [5.41, 5.74) is 5.80. The van der Waals surface area contributed by atoms with E-state index in [0.717, 1.165) is 33.8 Å². The van der Waals surface area contributed by atoms with Crippen molar-refractivity contribution in [2.24, 2.45) is 0 Å². The normalized spacial score (nSPS) is 11.0. The first-order valence-electron chi connectivity index (χ1n) is 10.2. The van der Waals surface area contributed by atoms with E-state index in [-0.39, 0.29) is 17.9 Å². The summed E-state index contributed by atoms with van der Waals surface area (Å²) in [6.07, 6.45) is 0.565. The zero-order valence-electron chi connectivity index (χ0n) is 18.0. The molecule has 0 saturated carbocycles. The molecule has 2 aromatic heterocycles. The van der Waals surface area contributed by atoms with Crippen LogP contribution in [-0.4, -0.2) is 20.7 Å². The van der Waals surface area contributed by atoms with Crippen molar-refractivity contribution in [1.29, 1.82) is 0 Å². The van der Waals surface area contributed by atoms with Crippen molar-refractivity contribution >= 4 is 34.5 Å². The Hall–Kier alpha value is -3.16. The summed E-state index contributed by atoms with van der Waals surface area (Å²) < 4.78 is 1.44. The van der Waals surface area contributed by atoms with Gasteiger partial charge in [0.1, 0.15) is 0 Å². The van der Waals surface area contributed by atoms with Crippen LogP contribution in [0.4, 0.5) is 5.69 Å². The Morgan fingerprint density at radius 3 is 2.66 bits per heavy atom. The molecule has 164 valence electrons. The maximum absolute atomic E-state index is 13.0. The largest absolute Gasteiger partial charge is 0.326 e. The van der Waals surface area contributed by atoms with Crippen LogP contribution >= 0.6 is 22.9 Å². The summed E-state index contributed by atoms with van der Waals surface area (Å²) in [5, 5.41) is 9.15. The summed E-state index contributed by atoms with van der Waals surface area (Å²) in [6, 6.07) is 13.2. The Morgan fingerprint density at radius 1 is 1.16 bits per heavy atom. The lowest BCUT2D eigenvalue weighted by Gasteiger charge is -2.10. The Kier molecular flexibility index (Phi) is 6.30. The predicted molar refractivity (Wildman–Crippen MR) is 130 cm³/mol. The Balaban J connectivity index is 1.49. The van der Waals surface area contributed by atoms with E-state index in [1.54, 1.807) is 0 Å². The van der Waals surface area contributed by atoms with Crippen molar-refractivity contribution in [3.63, 3.8) is 0 Å². The van der Waals surface area contributed by atoms with Gasteiger partial charge in [-0.1, -0.05) is 35.9 Å². The van der Waals surface area contributed by atoms with Crippen LogP contribution in [0.25, 0.3) is 16.4 Å². The zero-order chi connectivity index (χ0) is 22.8. The third-order valence-electron chi connectivity index (χ3n) is 5.50. The quantitative estimate of drug-likeness (QED) is 0.397. The molecule has 0 bridgehead atoms. The number of thiazole rings is 1. The molecule has 32 heavy (non-hydrogen) atoms. The Morgan fingerprint density at radius 2 is 1.91 bits per heavy atom. The van der Waals surface area contributed by atoms with Gasteiger partial charge in [0.15, 0.2) is 0 Å². The molecular formula is C24H23ClN4O2S. The lowest BCUT2D eigenvalue weighted by atomic mass is 10.1. The molecule has 8 heteroatoms. The maximum Gasteiger partial charge on any atom is 0.276 e. The van der Waals surface area contributed by atoms with Gasteiger partial charge in [0.25, 0.3) is 5.56 Å². The molecule has 2 heterocycles. The van der Waals surface area contributed by atoms with E-state index in [4.69, 9.17) is 11.6 Å². The minimum Gasteiger partial charge on any atom is -0.326 e. The zero-order valence-corrected chi connectivity index (χ0v) is 19.6. The first-order chi connectivity index (χ1) is 15.3. The highest BCUT2D eigenvalue weighted by atomic mass is 35.5. The highest BCUT2D eigenvalue weighted by molar-refractivity contribution is 7.12. The summed E-state index contributed by atoms with van der Waals surface area (Å²) >= 11 is 7.33. The molecule has 4 rings (SSSR count). The van der Waals surface area contributed by atoms with Crippen LogP contribution in [0.15, 0.2) is 52.6 Å². The van der Waals surface area contributed by atoms with Gasteiger partial charge in [-0.3, -0.25) is 14.7 Å². The summed E-state index contributed by atoms with van der Waals surface area (Å²) in [7, 11) is 0. The minimum absolute atomic E-state index is 0.121. The topological polar surface area (TPSA) is 79.8 Å². The van der Waals surface area contributed by atoms with E-state index in [2.05, 4.69) is 15.4 Å². The van der Waals surface area contributed by atoms with Crippen molar-refractivity contribution in [2.75, 3.05) is 5.32 Å². The second kappa shape index (κ2) is 9.14. The molecule has 0 atom stereocenters. The number of benzene rings is 2. The molecular weight excluding hydrogens is 444 g/mol. The smallest absolute Gasteiger partial charge is 0.276 e. The number of aromatic amines is 1. The molecule has 0 saturated heterocycles. The number of hydrogen-bond donors (Lipinski definition) is 2. The molecule has 0 unspecified atom stereocenters. The first-order valence-corrected chi connectivity index (χ1v) is 11.5. The van der Waals surface area contributed by atoms with Gasteiger partial charge in [-0.15, -0.1) is 11.3 Å². The number of carbonyl (C=O) groups is 1. The van der Waals surface area contributed by atoms with Crippen LogP contribution in [0.2, 0.25) is 5.02 Å². The lowest BCUT2D eigenvalue weighted by Crippen LogP contribution is -2.19. The number of aryl methyl sites for hydroxylation is 2. The predicted octanol–water partition coefficient (Wildman–Crippen LogP) is 5.44. The van der Waals surface area contributed by atoms with Gasteiger partial charge in [0.05, 0.1) is 5.69 Å². The van der Waals surface area contributed by atoms with Gasteiger partial charge in [-0.2, -0.15) is 4.68 Å². The van der Waals surface area contributed by atoms with Crippen molar-refractivity contribution in [1.82, 2.24) is 14.8 Å². The van der Waals surface area contributed by atoms with E-state index in [0.29, 0.717) is 22.1 Å². The fourth-order valence-electron chi connectivity index (χ4n) is 3.47. The second-order valence-electron chi connectivity index (χ2n) is 7.67. The molecule has 0 radical (unpaired) electrons. The van der Waals surface area contributed by atoms with Gasteiger partial charge in [0, 0.05) is 39.3 Å². The van der Waals surface area contributed by atoms with Gasteiger partial charge < -0.3 is 5.32 Å². The van der Waals surface area contributed by atoms with E-state index in [1.807, 2.05) is 68.6 Å². The highest BCUT2D eigenvalue weighted by Gasteiger charge is 2.17. The summed E-state index contributed by atoms with van der Waals surface area (Å²) in [6.45, 7) is 5.82. The third kappa shape index (κ3) is 4.54. The highest BCUT2D eigenvalue weighted by Crippen LogP contribution is 2.25. The number of nitrogens with one attached hydrogen (secondary N) is 2. The number of halogens is 1. The summed E-state index contributed by atoms with van der Waals surface area (Å²) in [5.74, 6) is -0.121. The number of amides is 1. The number of rotatable bonds is 6. The number of hydrogen-bond acceptors (Lipinski definition) is 4. The van der Waals surface area contributed by atoms with Crippen molar-refractivity contribution < 1.29 is 4.79 Å². The van der Waals surface area contributed by atoms with Gasteiger partial charge >= 0.3 is 0 Å². The van der Waals surface area contributed by atoms with E-state index >= 15 is 0 Å². The van der Waals surface area contributed by atoms with Crippen molar-refractivity contribution in [3.05, 3.63) is 85.6 Å². The molecule has 1 amide bonds. The number of anilines is 1. The summed E-state index contributed by atoms with van der Waals surface area (Å²) in [4.78, 5) is 30.1. The molecule has 0 aliphatic carbocycles. The van der Waals surface area contributed by atoms with Crippen LogP contribution in [0.1, 0.15) is 28.8 Å². The number of nitrogens with zero attached hydrogens (tertiary/aromatic N) is 2. The third-order valence-corrected chi connectivity index (χ3v) is 6.58. The number of aromatic nitrogens is 3. The van der Waals surface area contributed by atoms with Crippen LogP contribution in [-0.2, 0) is 11.2 Å². The Bertz CT molecular complexity index is 1340. The fraction of sp³-hybridized carbons (Fsp3) is 0.208. The van der Waals surface area contributed by atoms with E-state index < -0.39 is 0 Å². The standard InChI is InChI=1S/C24H23ClN4O2S/c1-14-5-4-6-20(15(14)2)26-22(30)12-11-19-16(3)28-29(23(19)31)24-27-21(13-32-24)17-7-9-18(25)10-8-17/h4-10,13,28H,11-12H2,1-3H3,(H,26,30). The average molecular weight is 467 g/mol. The SMILES string of the molecule is Cc1cccc(NC(=O)CCc2c(C)[nH]n(-c3nc(-c4ccc(Cl)cc4)cs3)c2=O)c1C. The monoisotopic (exact) mass is 466 g/mol. The number of H-pyrrole nitrogens is 1. The van der Waals surface area contributed by atoms with Crippen LogP contribution in [0, 0.1) is 20.8 Å². The van der Waals surface area contributed by atoms with Crippen LogP contribution < -0.4 is 10.9 Å². The van der Waals surface area contributed by atoms with Gasteiger partial charge in [0.2, 0.25) is 11.0 Å². The first kappa shape index (κ1) is 22.0. The lowest BCUT2D eigenvalue weighted by molar-refractivity contribution is -0.116. The molecule has 0 aliphatic rings. The fourth-order valence-corrected chi connectivity index (χ4v) is 4.39.